The van der Waals surface area contributed by atoms with E-state index < -0.39 is 11.4 Å². The van der Waals surface area contributed by atoms with Crippen LogP contribution in [0.1, 0.15) is 23.7 Å². The van der Waals surface area contributed by atoms with Gasteiger partial charge in [0.1, 0.15) is 0 Å². The molecule has 1 aromatic carbocycles. The minimum Gasteiger partial charge on any atom is -0.481 e. The lowest BCUT2D eigenvalue weighted by Gasteiger charge is -2.20. The highest BCUT2D eigenvalue weighted by Crippen LogP contribution is 2.31. The number of benzene rings is 1. The van der Waals surface area contributed by atoms with Crippen LogP contribution < -0.4 is 0 Å². The summed E-state index contributed by atoms with van der Waals surface area (Å²) in [4.78, 5) is 24.9. The standard InChI is InChI=1S/C13H14BrNO3/c1-13(12(17)18)6-7-15(8-13)11(16)9-2-4-10(14)5-3-9/h2-5H,6-8H2,1H3,(H,17,18). The molecule has 1 aromatic rings. The number of aliphatic carboxylic acids is 1. The van der Waals surface area contributed by atoms with Gasteiger partial charge in [0.2, 0.25) is 0 Å². The lowest BCUT2D eigenvalue weighted by atomic mass is 9.90. The number of hydrogen-bond acceptors (Lipinski definition) is 2. The van der Waals surface area contributed by atoms with Crippen LogP contribution in [-0.2, 0) is 4.79 Å². The summed E-state index contributed by atoms with van der Waals surface area (Å²) in [5, 5.41) is 9.13. The third-order valence-corrected chi connectivity index (χ3v) is 3.90. The quantitative estimate of drug-likeness (QED) is 0.912. The molecule has 1 amide bonds. The lowest BCUT2D eigenvalue weighted by Crippen LogP contribution is -2.34. The van der Waals surface area contributed by atoms with Gasteiger partial charge in [0.25, 0.3) is 5.91 Å². The average molecular weight is 312 g/mol. The van der Waals surface area contributed by atoms with E-state index in [0.717, 1.165) is 4.47 Å². The Morgan fingerprint density at radius 2 is 1.94 bits per heavy atom. The number of amides is 1. The van der Waals surface area contributed by atoms with Crippen molar-refractivity contribution in [2.24, 2.45) is 5.41 Å². The van der Waals surface area contributed by atoms with Crippen molar-refractivity contribution in [2.45, 2.75) is 13.3 Å². The van der Waals surface area contributed by atoms with Crippen molar-refractivity contribution >= 4 is 27.8 Å². The number of likely N-dealkylation sites (tertiary alicyclic amines) is 1. The summed E-state index contributed by atoms with van der Waals surface area (Å²) in [6.45, 7) is 2.46. The molecule has 0 saturated carbocycles. The fraction of sp³-hybridized carbons (Fsp3) is 0.385. The molecular formula is C13H14BrNO3. The number of carbonyl (C=O) groups is 2. The Balaban J connectivity index is 2.12. The number of hydrogen-bond donors (Lipinski definition) is 1. The fourth-order valence-electron chi connectivity index (χ4n) is 2.08. The van der Waals surface area contributed by atoms with Crippen molar-refractivity contribution in [2.75, 3.05) is 13.1 Å². The molecule has 96 valence electrons. The smallest absolute Gasteiger partial charge is 0.311 e. The summed E-state index contributed by atoms with van der Waals surface area (Å²) >= 11 is 3.31. The first-order valence-electron chi connectivity index (χ1n) is 5.71. The van der Waals surface area contributed by atoms with E-state index in [-0.39, 0.29) is 12.5 Å². The Bertz CT molecular complexity index is 486. The molecule has 1 N–H and O–H groups in total. The van der Waals surface area contributed by atoms with E-state index in [1.165, 1.54) is 0 Å². The molecular weight excluding hydrogens is 298 g/mol. The summed E-state index contributed by atoms with van der Waals surface area (Å²) < 4.78 is 0.913. The van der Waals surface area contributed by atoms with Crippen LogP contribution >= 0.6 is 15.9 Å². The monoisotopic (exact) mass is 311 g/mol. The Hall–Kier alpha value is -1.36. The Morgan fingerprint density at radius 3 is 2.44 bits per heavy atom. The van der Waals surface area contributed by atoms with Crippen LogP contribution in [0.2, 0.25) is 0 Å². The number of nitrogens with zero attached hydrogens (tertiary/aromatic N) is 1. The molecule has 0 radical (unpaired) electrons. The first kappa shape index (κ1) is 13.1. The average Bonchev–Trinajstić information content (AvgIpc) is 2.73. The predicted molar refractivity (Wildman–Crippen MR) is 70.4 cm³/mol. The molecule has 0 aliphatic carbocycles. The predicted octanol–water partition coefficient (Wildman–Crippen LogP) is 2.39. The maximum atomic E-state index is 12.2. The molecule has 1 aliphatic rings. The summed E-state index contributed by atoms with van der Waals surface area (Å²) in [5.74, 6) is -0.943. The van der Waals surface area contributed by atoms with Crippen LogP contribution in [-0.4, -0.2) is 35.0 Å². The Morgan fingerprint density at radius 1 is 1.33 bits per heavy atom. The van der Waals surface area contributed by atoms with E-state index in [1.807, 2.05) is 0 Å². The van der Waals surface area contributed by atoms with Gasteiger partial charge in [0.15, 0.2) is 0 Å². The SMILES string of the molecule is CC1(C(=O)O)CCN(C(=O)c2ccc(Br)cc2)C1. The highest BCUT2D eigenvalue weighted by atomic mass is 79.9. The van der Waals surface area contributed by atoms with E-state index in [4.69, 9.17) is 5.11 Å². The molecule has 1 atom stereocenters. The number of halogens is 1. The van der Waals surface area contributed by atoms with Gasteiger partial charge >= 0.3 is 5.97 Å². The molecule has 1 unspecified atom stereocenters. The summed E-state index contributed by atoms with van der Waals surface area (Å²) in [6.07, 6.45) is 0.505. The molecule has 1 aliphatic heterocycles. The van der Waals surface area contributed by atoms with Gasteiger partial charge in [-0.1, -0.05) is 15.9 Å². The maximum Gasteiger partial charge on any atom is 0.311 e. The molecule has 4 nitrogen and oxygen atoms in total. The topological polar surface area (TPSA) is 57.6 Å². The highest BCUT2D eigenvalue weighted by Gasteiger charge is 2.42. The molecule has 1 heterocycles. The Kier molecular flexibility index (Phi) is 3.43. The summed E-state index contributed by atoms with van der Waals surface area (Å²) in [6, 6.07) is 7.09. The molecule has 2 rings (SSSR count). The van der Waals surface area contributed by atoms with Crippen LogP contribution in [0.25, 0.3) is 0 Å². The first-order valence-corrected chi connectivity index (χ1v) is 6.50. The van der Waals surface area contributed by atoms with Crippen molar-refractivity contribution in [1.82, 2.24) is 4.90 Å². The van der Waals surface area contributed by atoms with Gasteiger partial charge in [-0.3, -0.25) is 9.59 Å². The van der Waals surface area contributed by atoms with Crippen molar-refractivity contribution in [3.05, 3.63) is 34.3 Å². The van der Waals surface area contributed by atoms with Gasteiger partial charge in [0, 0.05) is 23.1 Å². The van der Waals surface area contributed by atoms with Crippen LogP contribution in [0.15, 0.2) is 28.7 Å². The molecule has 0 aromatic heterocycles. The second kappa shape index (κ2) is 4.72. The summed E-state index contributed by atoms with van der Waals surface area (Å²) in [7, 11) is 0. The minimum absolute atomic E-state index is 0.104. The van der Waals surface area contributed by atoms with E-state index in [0.29, 0.717) is 18.5 Å². The zero-order chi connectivity index (χ0) is 13.3. The molecule has 0 bridgehead atoms. The van der Waals surface area contributed by atoms with Gasteiger partial charge < -0.3 is 10.0 Å². The van der Waals surface area contributed by atoms with Crippen molar-refractivity contribution in [3.63, 3.8) is 0 Å². The van der Waals surface area contributed by atoms with Crippen molar-refractivity contribution in [1.29, 1.82) is 0 Å². The van der Waals surface area contributed by atoms with Crippen LogP contribution in [0.5, 0.6) is 0 Å². The fourth-order valence-corrected chi connectivity index (χ4v) is 2.35. The molecule has 0 spiro atoms. The third kappa shape index (κ3) is 2.41. The van der Waals surface area contributed by atoms with Crippen molar-refractivity contribution in [3.8, 4) is 0 Å². The number of rotatable bonds is 2. The maximum absolute atomic E-state index is 12.2. The van der Waals surface area contributed by atoms with Gasteiger partial charge in [-0.05, 0) is 37.6 Å². The number of carboxylic acids is 1. The first-order chi connectivity index (χ1) is 8.42. The van der Waals surface area contributed by atoms with Crippen molar-refractivity contribution < 1.29 is 14.7 Å². The third-order valence-electron chi connectivity index (χ3n) is 3.37. The van der Waals surface area contributed by atoms with E-state index in [1.54, 1.807) is 36.1 Å². The van der Waals surface area contributed by atoms with Crippen LogP contribution in [0.3, 0.4) is 0 Å². The lowest BCUT2D eigenvalue weighted by molar-refractivity contribution is -0.147. The molecule has 1 fully saturated rings. The molecule has 1 saturated heterocycles. The van der Waals surface area contributed by atoms with E-state index in [9.17, 15) is 9.59 Å². The zero-order valence-corrected chi connectivity index (χ0v) is 11.6. The normalized spacial score (nSPS) is 23.1. The number of carbonyl (C=O) groups excluding carboxylic acids is 1. The van der Waals surface area contributed by atoms with Crippen LogP contribution in [0, 0.1) is 5.41 Å². The van der Waals surface area contributed by atoms with Crippen LogP contribution in [0.4, 0.5) is 0 Å². The van der Waals surface area contributed by atoms with Gasteiger partial charge in [-0.15, -0.1) is 0 Å². The number of carboxylic acid groups (broad SMARTS) is 1. The van der Waals surface area contributed by atoms with E-state index >= 15 is 0 Å². The minimum atomic E-state index is -0.839. The van der Waals surface area contributed by atoms with Gasteiger partial charge in [-0.2, -0.15) is 0 Å². The highest BCUT2D eigenvalue weighted by molar-refractivity contribution is 9.10. The van der Waals surface area contributed by atoms with Gasteiger partial charge in [0.05, 0.1) is 5.41 Å². The molecule has 18 heavy (non-hydrogen) atoms. The second-order valence-electron chi connectivity index (χ2n) is 4.85. The largest absolute Gasteiger partial charge is 0.481 e. The Labute approximate surface area is 114 Å². The van der Waals surface area contributed by atoms with Gasteiger partial charge in [-0.25, -0.2) is 0 Å². The van der Waals surface area contributed by atoms with E-state index in [2.05, 4.69) is 15.9 Å². The molecule has 5 heteroatoms. The summed E-state index contributed by atoms with van der Waals surface area (Å²) in [5.41, 5.74) is -0.224. The zero-order valence-electron chi connectivity index (χ0n) is 10.0. The second-order valence-corrected chi connectivity index (χ2v) is 5.77.